The zero-order chi connectivity index (χ0) is 15.6. The number of ether oxygens (including phenoxy) is 1. The van der Waals surface area contributed by atoms with Crippen molar-refractivity contribution in [3.05, 3.63) is 64.7 Å². The molecule has 112 valence electrons. The van der Waals surface area contributed by atoms with E-state index in [-0.39, 0.29) is 0 Å². The van der Waals surface area contributed by atoms with Crippen LogP contribution in [0, 0.1) is 6.92 Å². The number of methoxy groups -OCH3 is 1. The van der Waals surface area contributed by atoms with Crippen molar-refractivity contribution in [1.29, 1.82) is 0 Å². The number of nitrogens with two attached hydrogens (primary N) is 1. The van der Waals surface area contributed by atoms with Gasteiger partial charge >= 0.3 is 6.18 Å². The molecule has 0 fully saturated rings. The van der Waals surface area contributed by atoms with Gasteiger partial charge in [0.15, 0.2) is 0 Å². The van der Waals surface area contributed by atoms with Crippen LogP contribution in [-0.2, 0) is 6.18 Å². The van der Waals surface area contributed by atoms with Crippen LogP contribution in [0.5, 0.6) is 5.75 Å². The molecule has 1 atom stereocenters. The molecule has 2 aromatic carbocycles. The summed E-state index contributed by atoms with van der Waals surface area (Å²) < 4.78 is 43.2. The molecule has 5 heteroatoms. The minimum Gasteiger partial charge on any atom is -0.497 e. The molecule has 0 saturated heterocycles. The maximum atomic E-state index is 12.7. The standard InChI is InChI=1S/C16H16F3NO/c1-10-8-12(16(17,18)19)6-7-14(10)15(20)11-4-3-5-13(9-11)21-2/h3-9,15H,20H2,1-2H3. The summed E-state index contributed by atoms with van der Waals surface area (Å²) in [6, 6.07) is 10.3. The van der Waals surface area contributed by atoms with Gasteiger partial charge in [0, 0.05) is 0 Å². The van der Waals surface area contributed by atoms with E-state index in [1.165, 1.54) is 6.07 Å². The first-order chi connectivity index (χ1) is 9.82. The predicted octanol–water partition coefficient (Wildman–Crippen LogP) is 4.07. The number of benzene rings is 2. The third-order valence-electron chi connectivity index (χ3n) is 3.39. The minimum absolute atomic E-state index is 0.498. The van der Waals surface area contributed by atoms with Crippen molar-refractivity contribution in [3.63, 3.8) is 0 Å². The van der Waals surface area contributed by atoms with Crippen LogP contribution in [-0.4, -0.2) is 7.11 Å². The highest BCUT2D eigenvalue weighted by atomic mass is 19.4. The molecule has 0 aliphatic carbocycles. The van der Waals surface area contributed by atoms with E-state index in [1.54, 1.807) is 32.2 Å². The molecule has 2 aromatic rings. The fourth-order valence-corrected chi connectivity index (χ4v) is 2.22. The van der Waals surface area contributed by atoms with Crippen LogP contribution in [0.1, 0.15) is 28.3 Å². The second kappa shape index (κ2) is 5.77. The first-order valence-corrected chi connectivity index (χ1v) is 6.40. The number of rotatable bonds is 3. The molecule has 0 amide bonds. The Bertz CT molecular complexity index is 638. The van der Waals surface area contributed by atoms with Crippen molar-refractivity contribution in [3.8, 4) is 5.75 Å². The fourth-order valence-electron chi connectivity index (χ4n) is 2.22. The largest absolute Gasteiger partial charge is 0.497 e. The lowest BCUT2D eigenvalue weighted by Gasteiger charge is -2.17. The topological polar surface area (TPSA) is 35.2 Å². The lowest BCUT2D eigenvalue weighted by atomic mass is 9.94. The lowest BCUT2D eigenvalue weighted by molar-refractivity contribution is -0.137. The van der Waals surface area contributed by atoms with Crippen LogP contribution < -0.4 is 10.5 Å². The monoisotopic (exact) mass is 295 g/mol. The van der Waals surface area contributed by atoms with Gasteiger partial charge in [0.1, 0.15) is 5.75 Å². The van der Waals surface area contributed by atoms with Gasteiger partial charge in [0.05, 0.1) is 18.7 Å². The van der Waals surface area contributed by atoms with Gasteiger partial charge in [-0.25, -0.2) is 0 Å². The number of halogens is 3. The van der Waals surface area contributed by atoms with Crippen molar-refractivity contribution in [2.75, 3.05) is 7.11 Å². The summed E-state index contributed by atoms with van der Waals surface area (Å²) in [5, 5.41) is 0. The van der Waals surface area contributed by atoms with Gasteiger partial charge in [-0.05, 0) is 47.9 Å². The summed E-state index contributed by atoms with van der Waals surface area (Å²) >= 11 is 0. The molecular weight excluding hydrogens is 279 g/mol. The zero-order valence-corrected chi connectivity index (χ0v) is 11.7. The van der Waals surface area contributed by atoms with Crippen LogP contribution in [0.4, 0.5) is 13.2 Å². The van der Waals surface area contributed by atoms with Gasteiger partial charge in [0.2, 0.25) is 0 Å². The third-order valence-corrected chi connectivity index (χ3v) is 3.39. The molecular formula is C16H16F3NO. The summed E-state index contributed by atoms with van der Waals surface area (Å²) in [4.78, 5) is 0. The molecule has 0 aliphatic heterocycles. The number of hydrogen-bond donors (Lipinski definition) is 1. The summed E-state index contributed by atoms with van der Waals surface area (Å²) in [7, 11) is 1.55. The van der Waals surface area contributed by atoms with Crippen LogP contribution in [0.3, 0.4) is 0 Å². The van der Waals surface area contributed by atoms with E-state index in [9.17, 15) is 13.2 Å². The molecule has 21 heavy (non-hydrogen) atoms. The quantitative estimate of drug-likeness (QED) is 0.926. The van der Waals surface area contributed by atoms with E-state index < -0.39 is 17.8 Å². The maximum Gasteiger partial charge on any atom is 0.416 e. The van der Waals surface area contributed by atoms with Crippen LogP contribution in [0.25, 0.3) is 0 Å². The van der Waals surface area contributed by atoms with Crippen molar-refractivity contribution in [1.82, 2.24) is 0 Å². The molecule has 2 nitrogen and oxygen atoms in total. The molecule has 0 bridgehead atoms. The molecule has 0 saturated carbocycles. The maximum absolute atomic E-state index is 12.7. The Morgan fingerprint density at radius 3 is 2.38 bits per heavy atom. The Balaban J connectivity index is 2.37. The van der Waals surface area contributed by atoms with Crippen LogP contribution in [0.2, 0.25) is 0 Å². The first-order valence-electron chi connectivity index (χ1n) is 6.40. The SMILES string of the molecule is COc1cccc(C(N)c2ccc(C(F)(F)F)cc2C)c1. The average Bonchev–Trinajstić information content (AvgIpc) is 2.45. The second-order valence-electron chi connectivity index (χ2n) is 4.82. The summed E-state index contributed by atoms with van der Waals surface area (Å²) in [6.07, 6.45) is -4.34. The summed E-state index contributed by atoms with van der Waals surface area (Å²) in [6.45, 7) is 1.63. The first kappa shape index (κ1) is 15.4. The van der Waals surface area contributed by atoms with E-state index in [0.717, 1.165) is 17.7 Å². The molecule has 2 rings (SSSR count). The van der Waals surface area contributed by atoms with Crippen LogP contribution >= 0.6 is 0 Å². The minimum atomic E-state index is -4.34. The van der Waals surface area contributed by atoms with Gasteiger partial charge in [0.25, 0.3) is 0 Å². The number of hydrogen-bond acceptors (Lipinski definition) is 2. The molecule has 2 N–H and O–H groups in total. The van der Waals surface area contributed by atoms with Crippen molar-refractivity contribution >= 4 is 0 Å². The van der Waals surface area contributed by atoms with Crippen molar-refractivity contribution < 1.29 is 17.9 Å². The second-order valence-corrected chi connectivity index (χ2v) is 4.82. The van der Waals surface area contributed by atoms with Gasteiger partial charge in [-0.3, -0.25) is 0 Å². The normalized spacial score (nSPS) is 13.0. The van der Waals surface area contributed by atoms with Crippen LogP contribution in [0.15, 0.2) is 42.5 Å². The lowest BCUT2D eigenvalue weighted by Crippen LogP contribution is -2.14. The molecule has 0 radical (unpaired) electrons. The highest BCUT2D eigenvalue weighted by Gasteiger charge is 2.31. The Morgan fingerprint density at radius 2 is 1.81 bits per heavy atom. The smallest absolute Gasteiger partial charge is 0.416 e. The molecule has 1 unspecified atom stereocenters. The van der Waals surface area contributed by atoms with Gasteiger partial charge in [-0.2, -0.15) is 13.2 Å². The summed E-state index contributed by atoms with van der Waals surface area (Å²) in [5.41, 5.74) is 7.46. The number of aryl methyl sites for hydroxylation is 1. The van der Waals surface area contributed by atoms with Crippen molar-refractivity contribution in [2.24, 2.45) is 5.73 Å². The highest BCUT2D eigenvalue weighted by molar-refractivity contribution is 5.41. The number of alkyl halides is 3. The van der Waals surface area contributed by atoms with Gasteiger partial charge in [-0.1, -0.05) is 18.2 Å². The molecule has 0 aromatic heterocycles. The van der Waals surface area contributed by atoms with Gasteiger partial charge in [-0.15, -0.1) is 0 Å². The van der Waals surface area contributed by atoms with E-state index in [0.29, 0.717) is 16.9 Å². The van der Waals surface area contributed by atoms with E-state index in [2.05, 4.69) is 0 Å². The zero-order valence-electron chi connectivity index (χ0n) is 11.7. The molecule has 0 aliphatic rings. The Kier molecular flexibility index (Phi) is 4.23. The van der Waals surface area contributed by atoms with Gasteiger partial charge < -0.3 is 10.5 Å². The fraction of sp³-hybridized carbons (Fsp3) is 0.250. The Labute approximate surface area is 121 Å². The summed E-state index contributed by atoms with van der Waals surface area (Å²) in [5.74, 6) is 0.660. The average molecular weight is 295 g/mol. The Hall–Kier alpha value is -2.01. The highest BCUT2D eigenvalue weighted by Crippen LogP contribution is 2.32. The third kappa shape index (κ3) is 3.36. The van der Waals surface area contributed by atoms with E-state index >= 15 is 0 Å². The van der Waals surface area contributed by atoms with E-state index in [1.807, 2.05) is 6.07 Å². The molecule has 0 spiro atoms. The van der Waals surface area contributed by atoms with Crippen molar-refractivity contribution in [2.45, 2.75) is 19.1 Å². The molecule has 0 heterocycles. The predicted molar refractivity (Wildman–Crippen MR) is 75.2 cm³/mol. The Morgan fingerprint density at radius 1 is 1.10 bits per heavy atom. The van der Waals surface area contributed by atoms with E-state index in [4.69, 9.17) is 10.5 Å².